The molecule has 0 unspecified atom stereocenters. The number of piperidine rings is 1. The quantitative estimate of drug-likeness (QED) is 0.673. The summed E-state index contributed by atoms with van der Waals surface area (Å²) < 4.78 is 65.8. The molecule has 2 aromatic carbocycles. The zero-order valence-electron chi connectivity index (χ0n) is 16.5. The molecule has 31 heavy (non-hydrogen) atoms. The van der Waals surface area contributed by atoms with Crippen LogP contribution in [0.4, 0.5) is 18.9 Å². The summed E-state index contributed by atoms with van der Waals surface area (Å²) in [4.78, 5) is 15.6. The lowest BCUT2D eigenvalue weighted by atomic mass is 9.96. The number of para-hydroxylation sites is 1. The molecule has 0 radical (unpaired) electrons. The van der Waals surface area contributed by atoms with Gasteiger partial charge in [-0.05, 0) is 43.2 Å². The lowest BCUT2D eigenvalue weighted by Crippen LogP contribution is -2.45. The van der Waals surface area contributed by atoms with Crippen LogP contribution in [0.1, 0.15) is 18.4 Å². The van der Waals surface area contributed by atoms with Crippen LogP contribution < -0.4 is 4.90 Å². The third-order valence-corrected chi connectivity index (χ3v) is 8.53. The largest absolute Gasteiger partial charge is 0.416 e. The molecule has 2 aliphatic rings. The second-order valence-electron chi connectivity index (χ2n) is 7.51. The van der Waals surface area contributed by atoms with E-state index in [-0.39, 0.29) is 29.8 Å². The molecule has 2 aromatic rings. The van der Waals surface area contributed by atoms with Crippen LogP contribution in [0.25, 0.3) is 0 Å². The standard InChI is InChI=1S/C21H21F3N2O3S2/c22-21(23,24)16-4-3-5-17(14-16)31(28,29)25-10-8-15(9-11-25)20(27)26-12-13-30-19-7-2-1-6-18(19)26/h1-7,14-15H,8-13H2. The van der Waals surface area contributed by atoms with Crippen LogP contribution in [0, 0.1) is 5.92 Å². The number of alkyl halides is 3. The smallest absolute Gasteiger partial charge is 0.310 e. The number of rotatable bonds is 3. The molecule has 4 rings (SSSR count). The van der Waals surface area contributed by atoms with Gasteiger partial charge in [-0.25, -0.2) is 8.42 Å². The van der Waals surface area contributed by atoms with Crippen molar-refractivity contribution in [2.45, 2.75) is 28.8 Å². The fourth-order valence-corrected chi connectivity index (χ4v) is 6.45. The van der Waals surface area contributed by atoms with E-state index in [2.05, 4.69) is 0 Å². The molecule has 1 fully saturated rings. The van der Waals surface area contributed by atoms with Gasteiger partial charge in [-0.3, -0.25) is 4.79 Å². The van der Waals surface area contributed by atoms with Gasteiger partial charge in [-0.1, -0.05) is 18.2 Å². The van der Waals surface area contributed by atoms with E-state index in [1.165, 1.54) is 10.4 Å². The molecule has 0 saturated carbocycles. The van der Waals surface area contributed by atoms with Gasteiger partial charge in [0.15, 0.2) is 0 Å². The Bertz CT molecular complexity index is 1080. The number of hydrogen-bond donors (Lipinski definition) is 0. The molecule has 0 bridgehead atoms. The zero-order valence-corrected chi connectivity index (χ0v) is 18.1. The van der Waals surface area contributed by atoms with Crippen LogP contribution >= 0.6 is 11.8 Å². The molecule has 1 saturated heterocycles. The second kappa shape index (κ2) is 8.48. The molecular formula is C21H21F3N2O3S2. The van der Waals surface area contributed by atoms with Crippen LogP contribution in [0.15, 0.2) is 58.3 Å². The highest BCUT2D eigenvalue weighted by atomic mass is 32.2. The number of anilines is 1. The summed E-state index contributed by atoms with van der Waals surface area (Å²) >= 11 is 1.70. The number of fused-ring (bicyclic) bond motifs is 1. The van der Waals surface area contributed by atoms with Crippen molar-refractivity contribution in [1.82, 2.24) is 4.31 Å². The summed E-state index contributed by atoms with van der Waals surface area (Å²) in [5, 5.41) is 0. The van der Waals surface area contributed by atoms with Crippen molar-refractivity contribution in [2.24, 2.45) is 5.92 Å². The van der Waals surface area contributed by atoms with Gasteiger partial charge in [0, 0.05) is 36.2 Å². The van der Waals surface area contributed by atoms with Crippen LogP contribution in [-0.4, -0.2) is 44.0 Å². The molecule has 2 heterocycles. The molecule has 0 N–H and O–H groups in total. The van der Waals surface area contributed by atoms with E-state index in [0.29, 0.717) is 25.5 Å². The third kappa shape index (κ3) is 4.47. The number of benzene rings is 2. The molecule has 1 amide bonds. The number of carbonyl (C=O) groups excluding carboxylic acids is 1. The highest BCUT2D eigenvalue weighted by Gasteiger charge is 2.37. The average molecular weight is 471 g/mol. The molecule has 2 aliphatic heterocycles. The molecule has 10 heteroatoms. The summed E-state index contributed by atoms with van der Waals surface area (Å²) in [5.41, 5.74) is -0.122. The van der Waals surface area contributed by atoms with Gasteiger partial charge in [-0.2, -0.15) is 17.5 Å². The van der Waals surface area contributed by atoms with Crippen molar-refractivity contribution in [1.29, 1.82) is 0 Å². The van der Waals surface area contributed by atoms with E-state index in [1.807, 2.05) is 24.3 Å². The first-order chi connectivity index (χ1) is 14.7. The Morgan fingerprint density at radius 2 is 1.71 bits per heavy atom. The summed E-state index contributed by atoms with van der Waals surface area (Å²) in [6.07, 6.45) is -3.94. The highest BCUT2D eigenvalue weighted by molar-refractivity contribution is 7.99. The summed E-state index contributed by atoms with van der Waals surface area (Å²) in [6.45, 7) is 0.793. The first-order valence-corrected chi connectivity index (χ1v) is 12.3. The molecule has 0 aliphatic carbocycles. The first-order valence-electron chi connectivity index (χ1n) is 9.88. The van der Waals surface area contributed by atoms with Crippen LogP contribution in [0.5, 0.6) is 0 Å². The van der Waals surface area contributed by atoms with Crippen LogP contribution in [0.3, 0.4) is 0 Å². The number of halogens is 3. The van der Waals surface area contributed by atoms with Gasteiger partial charge < -0.3 is 4.90 Å². The Kier molecular flexibility index (Phi) is 6.06. The summed E-state index contributed by atoms with van der Waals surface area (Å²) in [6, 6.07) is 11.5. The SMILES string of the molecule is O=C(C1CCN(S(=O)(=O)c2cccc(C(F)(F)F)c2)CC1)N1CCSc2ccccc21. The van der Waals surface area contributed by atoms with Gasteiger partial charge in [0.1, 0.15) is 0 Å². The number of thioether (sulfide) groups is 1. The van der Waals surface area contributed by atoms with E-state index in [0.717, 1.165) is 28.5 Å². The lowest BCUT2D eigenvalue weighted by molar-refractivity contribution is -0.137. The predicted molar refractivity (Wildman–Crippen MR) is 112 cm³/mol. The second-order valence-corrected chi connectivity index (χ2v) is 10.6. The van der Waals surface area contributed by atoms with Crippen LogP contribution in [0.2, 0.25) is 0 Å². The fourth-order valence-electron chi connectivity index (χ4n) is 3.94. The summed E-state index contributed by atoms with van der Waals surface area (Å²) in [7, 11) is -4.06. The molecule has 0 spiro atoms. The minimum Gasteiger partial charge on any atom is -0.310 e. The van der Waals surface area contributed by atoms with E-state index in [4.69, 9.17) is 0 Å². The highest BCUT2D eigenvalue weighted by Crippen LogP contribution is 2.37. The van der Waals surface area contributed by atoms with Crippen molar-refractivity contribution in [3.8, 4) is 0 Å². The maximum atomic E-state index is 13.1. The van der Waals surface area contributed by atoms with Gasteiger partial charge in [-0.15, -0.1) is 11.8 Å². The normalized spacial score (nSPS) is 18.6. The third-order valence-electron chi connectivity index (χ3n) is 5.60. The molecule has 0 aromatic heterocycles. The maximum absolute atomic E-state index is 13.1. The predicted octanol–water partition coefficient (Wildman–Crippen LogP) is 4.25. The number of carbonyl (C=O) groups is 1. The van der Waals surface area contributed by atoms with E-state index < -0.39 is 21.8 Å². The van der Waals surface area contributed by atoms with E-state index >= 15 is 0 Å². The minimum atomic E-state index is -4.62. The van der Waals surface area contributed by atoms with Crippen LogP contribution in [-0.2, 0) is 21.0 Å². The van der Waals surface area contributed by atoms with Crippen molar-refractivity contribution < 1.29 is 26.4 Å². The molecule has 0 atom stereocenters. The van der Waals surface area contributed by atoms with Gasteiger partial charge in [0.05, 0.1) is 16.1 Å². The maximum Gasteiger partial charge on any atom is 0.416 e. The van der Waals surface area contributed by atoms with E-state index in [1.54, 1.807) is 16.7 Å². The average Bonchev–Trinajstić information content (AvgIpc) is 2.78. The Balaban J connectivity index is 1.46. The molecular weight excluding hydrogens is 449 g/mol. The van der Waals surface area contributed by atoms with Crippen molar-refractivity contribution in [2.75, 3.05) is 30.3 Å². The number of hydrogen-bond acceptors (Lipinski definition) is 4. The number of sulfonamides is 1. The number of amides is 1. The minimum absolute atomic E-state index is 0.0242. The topological polar surface area (TPSA) is 57.7 Å². The van der Waals surface area contributed by atoms with Gasteiger partial charge in [0.25, 0.3) is 0 Å². The number of nitrogens with zero attached hydrogens (tertiary/aromatic N) is 2. The Morgan fingerprint density at radius 1 is 1.00 bits per heavy atom. The Hall–Kier alpha value is -2.04. The Morgan fingerprint density at radius 3 is 2.42 bits per heavy atom. The van der Waals surface area contributed by atoms with Gasteiger partial charge >= 0.3 is 6.18 Å². The zero-order chi connectivity index (χ0) is 22.2. The summed E-state index contributed by atoms with van der Waals surface area (Å²) in [5.74, 6) is 0.457. The molecule has 5 nitrogen and oxygen atoms in total. The Labute approximate surface area is 183 Å². The van der Waals surface area contributed by atoms with Gasteiger partial charge in [0.2, 0.25) is 15.9 Å². The first kappa shape index (κ1) is 22.2. The van der Waals surface area contributed by atoms with E-state index in [9.17, 15) is 26.4 Å². The van der Waals surface area contributed by atoms with Crippen molar-refractivity contribution in [3.05, 3.63) is 54.1 Å². The monoisotopic (exact) mass is 470 g/mol. The molecule has 166 valence electrons. The van der Waals surface area contributed by atoms with Crippen molar-refractivity contribution in [3.63, 3.8) is 0 Å². The lowest BCUT2D eigenvalue weighted by Gasteiger charge is -2.35. The fraction of sp³-hybridized carbons (Fsp3) is 0.381. The van der Waals surface area contributed by atoms with Crippen molar-refractivity contribution >= 4 is 33.4 Å².